The van der Waals surface area contributed by atoms with Crippen LogP contribution >= 0.6 is 11.3 Å². The average Bonchev–Trinajstić information content (AvgIpc) is 3.67. The van der Waals surface area contributed by atoms with Gasteiger partial charge in [-0.15, -0.1) is 4.80 Å². The number of hydrogen-bond donors (Lipinski definition) is 2. The summed E-state index contributed by atoms with van der Waals surface area (Å²) in [5.41, 5.74) is -0.375. The number of aliphatic hydroxyl groups is 2. The molecule has 2 aromatic heterocycles. The second-order valence-corrected chi connectivity index (χ2v) is 11.1. The van der Waals surface area contributed by atoms with Gasteiger partial charge in [0.25, 0.3) is 5.91 Å². The van der Waals surface area contributed by atoms with E-state index in [2.05, 4.69) is 10.2 Å². The Labute approximate surface area is 229 Å². The molecule has 1 fully saturated rings. The minimum Gasteiger partial charge on any atom is -0.496 e. The fraction of sp³-hybridized carbons (Fsp3) is 0.462. The maximum Gasteiger partial charge on any atom is 0.261 e. The summed E-state index contributed by atoms with van der Waals surface area (Å²) in [6, 6.07) is 3.81. The van der Waals surface area contributed by atoms with Crippen molar-refractivity contribution >= 4 is 28.2 Å². The van der Waals surface area contributed by atoms with Gasteiger partial charge in [0.2, 0.25) is 12.3 Å². The van der Waals surface area contributed by atoms with Crippen LogP contribution in [0.5, 0.6) is 5.75 Å². The Bertz CT molecular complexity index is 1390. The first-order chi connectivity index (χ1) is 18.6. The van der Waals surface area contributed by atoms with Crippen molar-refractivity contribution in [1.29, 1.82) is 0 Å². The van der Waals surface area contributed by atoms with Gasteiger partial charge in [0.1, 0.15) is 33.2 Å². The summed E-state index contributed by atoms with van der Waals surface area (Å²) in [5, 5.41) is 32.3. The molecule has 0 aliphatic carbocycles. The molecule has 4 heterocycles. The maximum absolute atomic E-state index is 14.1. The van der Waals surface area contributed by atoms with E-state index >= 15 is 0 Å². The number of amides is 2. The SMILES string of the molecule is COc1ccc(F)cc1[C@@H](O)CN1c2sc(-n3nccn3)c(C)c2C(=O)N(C(C)(C)C(=O)N2CCCC2)C1O. The van der Waals surface area contributed by atoms with Crippen LogP contribution in [0, 0.1) is 12.7 Å². The molecule has 2 N–H and O–H groups in total. The molecule has 1 saturated heterocycles. The minimum absolute atomic E-state index is 0.185. The monoisotopic (exact) mass is 558 g/mol. The van der Waals surface area contributed by atoms with Crippen molar-refractivity contribution in [1.82, 2.24) is 24.8 Å². The Hall–Kier alpha value is -3.55. The molecular formula is C26H31FN6O5S. The number of ether oxygens (including phenoxy) is 1. The number of benzene rings is 1. The number of hydrogen-bond acceptors (Lipinski definition) is 9. The molecular weight excluding hydrogens is 527 g/mol. The van der Waals surface area contributed by atoms with Crippen LogP contribution in [-0.2, 0) is 4.79 Å². The molecule has 11 nitrogen and oxygen atoms in total. The summed E-state index contributed by atoms with van der Waals surface area (Å²) in [7, 11) is 1.41. The molecule has 0 spiro atoms. The summed E-state index contributed by atoms with van der Waals surface area (Å²) in [6.45, 7) is 5.92. The van der Waals surface area contributed by atoms with Crippen LogP contribution in [0.4, 0.5) is 9.39 Å². The standard InChI is InChI=1S/C26H31FN6O5S/c1-15-20-21(35)32(26(2,3)24(36)30-11-5-6-12-30)25(37)31(23(20)39-22(15)33-28-9-10-29-33)14-18(34)17-13-16(27)7-8-19(17)38-4/h7-10,13,18,25,34,37H,5-6,11-12,14H2,1-4H3/t18-,25?/m0/s1. The van der Waals surface area contributed by atoms with Gasteiger partial charge in [0, 0.05) is 24.2 Å². The molecule has 208 valence electrons. The van der Waals surface area contributed by atoms with E-state index in [0.29, 0.717) is 28.7 Å². The molecule has 1 unspecified atom stereocenters. The van der Waals surface area contributed by atoms with Crippen molar-refractivity contribution in [3.05, 3.63) is 53.1 Å². The molecule has 0 saturated carbocycles. The molecule has 2 atom stereocenters. The van der Waals surface area contributed by atoms with Gasteiger partial charge in [-0.2, -0.15) is 10.2 Å². The lowest BCUT2D eigenvalue weighted by molar-refractivity contribution is -0.146. The number of thiophene rings is 1. The van der Waals surface area contributed by atoms with Crippen LogP contribution in [0.25, 0.3) is 5.00 Å². The molecule has 0 bridgehead atoms. The smallest absolute Gasteiger partial charge is 0.261 e. The van der Waals surface area contributed by atoms with E-state index in [1.807, 2.05) is 0 Å². The van der Waals surface area contributed by atoms with Crippen molar-refractivity contribution in [3.63, 3.8) is 0 Å². The fourth-order valence-corrected chi connectivity index (χ4v) is 6.54. The maximum atomic E-state index is 14.1. The van der Waals surface area contributed by atoms with Crippen molar-refractivity contribution in [3.8, 4) is 10.8 Å². The van der Waals surface area contributed by atoms with Gasteiger partial charge in [-0.3, -0.25) is 14.5 Å². The van der Waals surface area contributed by atoms with Crippen LogP contribution in [0.2, 0.25) is 0 Å². The van der Waals surface area contributed by atoms with Gasteiger partial charge in [0.15, 0.2) is 0 Å². The van der Waals surface area contributed by atoms with Gasteiger partial charge >= 0.3 is 0 Å². The largest absolute Gasteiger partial charge is 0.496 e. The molecule has 13 heteroatoms. The molecule has 1 aromatic carbocycles. The summed E-state index contributed by atoms with van der Waals surface area (Å²) in [6.07, 6.45) is 1.87. The number of β-amino-alcohol motifs (C(OH)–C–C–N with tert-alkyl or cyclic N) is 1. The summed E-state index contributed by atoms with van der Waals surface area (Å²) < 4.78 is 19.4. The second kappa shape index (κ2) is 10.2. The number of carbonyl (C=O) groups is 2. The Morgan fingerprint density at radius 1 is 1.23 bits per heavy atom. The molecule has 2 amide bonds. The van der Waals surface area contributed by atoms with Crippen LogP contribution in [0.15, 0.2) is 30.6 Å². The second-order valence-electron chi connectivity index (χ2n) is 10.2. The number of aliphatic hydroxyl groups excluding tert-OH is 2. The van der Waals surface area contributed by atoms with E-state index in [9.17, 15) is 24.2 Å². The van der Waals surface area contributed by atoms with Gasteiger partial charge in [-0.25, -0.2) is 4.39 Å². The minimum atomic E-state index is -1.60. The Balaban J connectivity index is 1.60. The van der Waals surface area contributed by atoms with Crippen molar-refractivity contribution in [2.75, 3.05) is 31.6 Å². The predicted octanol–water partition coefficient (Wildman–Crippen LogP) is 2.46. The summed E-state index contributed by atoms with van der Waals surface area (Å²) in [4.78, 5) is 33.3. The number of nitrogens with zero attached hydrogens (tertiary/aromatic N) is 6. The molecule has 3 aromatic rings. The topological polar surface area (TPSA) is 124 Å². The number of carbonyl (C=O) groups excluding carboxylic acids is 2. The van der Waals surface area contributed by atoms with Crippen LogP contribution in [0.3, 0.4) is 0 Å². The van der Waals surface area contributed by atoms with Crippen LogP contribution in [-0.4, -0.2) is 85.5 Å². The third kappa shape index (κ3) is 4.53. The Morgan fingerprint density at radius 2 is 1.90 bits per heavy atom. The van der Waals surface area contributed by atoms with E-state index in [4.69, 9.17) is 4.74 Å². The highest BCUT2D eigenvalue weighted by Gasteiger charge is 2.51. The number of halogens is 1. The number of aromatic nitrogens is 3. The van der Waals surface area contributed by atoms with E-state index in [1.54, 1.807) is 25.7 Å². The molecule has 0 radical (unpaired) electrons. The Morgan fingerprint density at radius 3 is 2.54 bits per heavy atom. The normalized spacial score (nSPS) is 18.5. The zero-order valence-corrected chi connectivity index (χ0v) is 23.0. The number of likely N-dealkylation sites (tertiary alicyclic amines) is 1. The first-order valence-electron chi connectivity index (χ1n) is 12.7. The van der Waals surface area contributed by atoms with Gasteiger partial charge in [-0.1, -0.05) is 11.3 Å². The first-order valence-corrected chi connectivity index (χ1v) is 13.5. The zero-order valence-electron chi connectivity index (χ0n) is 22.2. The van der Waals surface area contributed by atoms with E-state index < -0.39 is 29.7 Å². The fourth-order valence-electron chi connectivity index (χ4n) is 5.30. The zero-order chi connectivity index (χ0) is 28.1. The number of fused-ring (bicyclic) bond motifs is 1. The molecule has 5 rings (SSSR count). The highest BCUT2D eigenvalue weighted by Crippen LogP contribution is 2.45. The Kier molecular flexibility index (Phi) is 7.08. The average molecular weight is 559 g/mol. The van der Waals surface area contributed by atoms with Crippen LogP contribution in [0.1, 0.15) is 54.3 Å². The first kappa shape index (κ1) is 27.0. The van der Waals surface area contributed by atoms with E-state index in [0.717, 1.165) is 17.7 Å². The number of rotatable bonds is 7. The lowest BCUT2D eigenvalue weighted by Crippen LogP contribution is -2.67. The molecule has 2 aliphatic rings. The lowest BCUT2D eigenvalue weighted by atomic mass is 9.96. The third-order valence-corrected chi connectivity index (χ3v) is 8.64. The highest BCUT2D eigenvalue weighted by molar-refractivity contribution is 7.19. The van der Waals surface area contributed by atoms with Crippen molar-refractivity contribution in [2.45, 2.75) is 51.6 Å². The third-order valence-electron chi connectivity index (χ3n) is 7.35. The van der Waals surface area contributed by atoms with E-state index in [-0.39, 0.29) is 29.3 Å². The van der Waals surface area contributed by atoms with Gasteiger partial charge in [0.05, 0.1) is 31.6 Å². The van der Waals surface area contributed by atoms with Gasteiger partial charge < -0.3 is 24.7 Å². The molecule has 39 heavy (non-hydrogen) atoms. The summed E-state index contributed by atoms with van der Waals surface area (Å²) in [5.74, 6) is -1.07. The molecule has 2 aliphatic heterocycles. The highest BCUT2D eigenvalue weighted by atomic mass is 32.1. The number of methoxy groups -OCH3 is 1. The quantitative estimate of drug-likeness (QED) is 0.453. The predicted molar refractivity (Wildman–Crippen MR) is 141 cm³/mol. The van der Waals surface area contributed by atoms with E-state index in [1.165, 1.54) is 58.7 Å². The summed E-state index contributed by atoms with van der Waals surface area (Å²) >= 11 is 1.18. The van der Waals surface area contributed by atoms with Gasteiger partial charge in [-0.05, 0) is 51.8 Å². The number of anilines is 1. The lowest BCUT2D eigenvalue weighted by Gasteiger charge is -2.48. The van der Waals surface area contributed by atoms with Crippen LogP contribution < -0.4 is 9.64 Å². The van der Waals surface area contributed by atoms with Crippen molar-refractivity contribution in [2.24, 2.45) is 0 Å². The van der Waals surface area contributed by atoms with Crippen molar-refractivity contribution < 1.29 is 28.9 Å².